The van der Waals surface area contributed by atoms with E-state index in [0.717, 1.165) is 25.7 Å². The molecule has 0 radical (unpaired) electrons. The molecule has 3 rings (SSSR count). The highest BCUT2D eigenvalue weighted by Crippen LogP contribution is 2.27. The van der Waals surface area contributed by atoms with Crippen molar-refractivity contribution in [2.45, 2.75) is 37.8 Å². The fraction of sp³-hybridized carbons (Fsp3) is 0.389. The molecule has 0 amide bonds. The Morgan fingerprint density at radius 1 is 1.38 bits per heavy atom. The Morgan fingerprint density at radius 3 is 2.85 bits per heavy atom. The van der Waals surface area contributed by atoms with Gasteiger partial charge >= 0.3 is 0 Å². The second-order valence-corrected chi connectivity index (χ2v) is 6.68. The van der Waals surface area contributed by atoms with Crippen LogP contribution in [-0.4, -0.2) is 40.1 Å². The van der Waals surface area contributed by atoms with Crippen LogP contribution in [0.5, 0.6) is 11.6 Å². The van der Waals surface area contributed by atoms with Gasteiger partial charge in [0.1, 0.15) is 11.3 Å². The topological polar surface area (TPSA) is 106 Å². The van der Waals surface area contributed by atoms with E-state index in [9.17, 15) is 9.90 Å². The molecule has 2 aromatic rings. The molecule has 0 aliphatic heterocycles. The van der Waals surface area contributed by atoms with Crippen molar-refractivity contribution in [3.8, 4) is 17.3 Å². The van der Waals surface area contributed by atoms with Gasteiger partial charge in [0.25, 0.3) is 5.56 Å². The Bertz CT molecular complexity index is 935. The standard InChI is InChI=1S/C18H22N4O3S/c1-25-15-9-5-4-8-14(15)22-17(24)11(16(23)21-18(22)26)10-20-13-7-3-2-6-12(13)19/h4-5,8-10,12-13,24H,2-3,6-7,19H2,1H3,(H,21,23,26)/t12-,13+/m1/s1. The van der Waals surface area contributed by atoms with E-state index in [1.807, 2.05) is 6.07 Å². The third-order valence-electron chi connectivity index (χ3n) is 4.62. The second kappa shape index (κ2) is 7.84. The third-order valence-corrected chi connectivity index (χ3v) is 4.91. The fourth-order valence-corrected chi connectivity index (χ4v) is 3.47. The molecule has 4 N–H and O–H groups in total. The first kappa shape index (κ1) is 18.3. The smallest absolute Gasteiger partial charge is 0.264 e. The van der Waals surface area contributed by atoms with Gasteiger partial charge < -0.3 is 15.6 Å². The van der Waals surface area contributed by atoms with Gasteiger partial charge in [-0.3, -0.25) is 19.3 Å². The van der Waals surface area contributed by atoms with Crippen LogP contribution in [-0.2, 0) is 0 Å². The van der Waals surface area contributed by atoms with Crippen molar-refractivity contribution in [2.24, 2.45) is 10.7 Å². The molecular weight excluding hydrogens is 352 g/mol. The van der Waals surface area contributed by atoms with Gasteiger partial charge in [0.05, 0.1) is 18.8 Å². The summed E-state index contributed by atoms with van der Waals surface area (Å²) < 4.78 is 6.76. The van der Waals surface area contributed by atoms with Crippen LogP contribution in [0, 0.1) is 4.77 Å². The summed E-state index contributed by atoms with van der Waals surface area (Å²) in [6.45, 7) is 0. The van der Waals surface area contributed by atoms with Gasteiger partial charge in [0, 0.05) is 12.3 Å². The van der Waals surface area contributed by atoms with E-state index < -0.39 is 5.56 Å². The van der Waals surface area contributed by atoms with Crippen molar-refractivity contribution in [3.63, 3.8) is 0 Å². The van der Waals surface area contributed by atoms with Crippen LogP contribution in [0.4, 0.5) is 0 Å². The number of hydrogen-bond acceptors (Lipinski definition) is 6. The normalized spacial score (nSPS) is 20.4. The predicted molar refractivity (Wildman–Crippen MR) is 103 cm³/mol. The van der Waals surface area contributed by atoms with E-state index in [1.165, 1.54) is 17.9 Å². The Kier molecular flexibility index (Phi) is 5.53. The third kappa shape index (κ3) is 3.56. The van der Waals surface area contributed by atoms with Crippen LogP contribution in [0.25, 0.3) is 5.69 Å². The average Bonchev–Trinajstić information content (AvgIpc) is 2.63. The van der Waals surface area contributed by atoms with Crippen LogP contribution >= 0.6 is 12.2 Å². The largest absolute Gasteiger partial charge is 0.495 e. The zero-order chi connectivity index (χ0) is 18.7. The molecule has 1 aromatic heterocycles. The molecule has 138 valence electrons. The summed E-state index contributed by atoms with van der Waals surface area (Å²) in [5, 5.41) is 10.7. The lowest BCUT2D eigenvalue weighted by atomic mass is 9.91. The number of aromatic amines is 1. The molecule has 0 saturated heterocycles. The Balaban J connectivity index is 2.08. The summed E-state index contributed by atoms with van der Waals surface area (Å²) in [5.41, 5.74) is 6.18. The highest BCUT2D eigenvalue weighted by atomic mass is 32.1. The van der Waals surface area contributed by atoms with Gasteiger partial charge in [-0.1, -0.05) is 25.0 Å². The summed E-state index contributed by atoms with van der Waals surface area (Å²) in [5.74, 6) is 0.236. The van der Waals surface area contributed by atoms with Gasteiger partial charge in [-0.25, -0.2) is 0 Å². The molecule has 7 nitrogen and oxygen atoms in total. The van der Waals surface area contributed by atoms with Gasteiger partial charge in [-0.2, -0.15) is 0 Å². The number of nitrogens with two attached hydrogens (primary N) is 1. The predicted octanol–water partition coefficient (Wildman–Crippen LogP) is 2.30. The summed E-state index contributed by atoms with van der Waals surface area (Å²) in [7, 11) is 1.53. The van der Waals surface area contributed by atoms with Crippen LogP contribution in [0.1, 0.15) is 31.2 Å². The van der Waals surface area contributed by atoms with Crippen LogP contribution in [0.2, 0.25) is 0 Å². The molecule has 26 heavy (non-hydrogen) atoms. The van der Waals surface area contributed by atoms with Crippen LogP contribution in [0.3, 0.4) is 0 Å². The van der Waals surface area contributed by atoms with Crippen LogP contribution in [0.15, 0.2) is 34.1 Å². The molecule has 2 atom stereocenters. The maximum absolute atomic E-state index is 12.3. The van der Waals surface area contributed by atoms with Crippen molar-refractivity contribution < 1.29 is 9.84 Å². The molecule has 8 heteroatoms. The van der Waals surface area contributed by atoms with E-state index in [4.69, 9.17) is 22.7 Å². The number of rotatable bonds is 4. The molecule has 0 unspecified atom stereocenters. The zero-order valence-electron chi connectivity index (χ0n) is 14.5. The maximum Gasteiger partial charge on any atom is 0.264 e. The number of ether oxygens (including phenoxy) is 1. The highest BCUT2D eigenvalue weighted by molar-refractivity contribution is 7.71. The average molecular weight is 374 g/mol. The Morgan fingerprint density at radius 2 is 2.12 bits per heavy atom. The number of nitrogens with one attached hydrogen (secondary N) is 1. The molecule has 1 aromatic carbocycles. The summed E-state index contributed by atoms with van der Waals surface area (Å²) in [6.07, 6.45) is 5.34. The number of aliphatic imine (C=N–C) groups is 1. The number of aromatic nitrogens is 2. The van der Waals surface area contributed by atoms with Crippen molar-refractivity contribution >= 4 is 18.4 Å². The van der Waals surface area contributed by atoms with Crippen LogP contribution < -0.4 is 16.0 Å². The van der Waals surface area contributed by atoms with E-state index in [-0.39, 0.29) is 28.3 Å². The number of hydrogen-bond donors (Lipinski definition) is 3. The molecule has 0 bridgehead atoms. The van der Waals surface area contributed by atoms with Gasteiger partial charge in [0.2, 0.25) is 5.88 Å². The quantitative estimate of drug-likeness (QED) is 0.562. The molecule has 1 heterocycles. The molecule has 1 saturated carbocycles. The highest BCUT2D eigenvalue weighted by Gasteiger charge is 2.21. The minimum Gasteiger partial charge on any atom is -0.495 e. The number of H-pyrrole nitrogens is 1. The van der Waals surface area contributed by atoms with Gasteiger partial charge in [-0.05, 0) is 37.2 Å². The number of aromatic hydroxyl groups is 1. The monoisotopic (exact) mass is 374 g/mol. The van der Waals surface area contributed by atoms with E-state index in [1.54, 1.807) is 18.2 Å². The molecular formula is C18H22N4O3S. The molecule has 1 aliphatic rings. The van der Waals surface area contributed by atoms with E-state index >= 15 is 0 Å². The molecule has 1 aliphatic carbocycles. The van der Waals surface area contributed by atoms with Crippen molar-refractivity contribution in [1.29, 1.82) is 0 Å². The first-order chi connectivity index (χ1) is 12.5. The number of benzene rings is 1. The van der Waals surface area contributed by atoms with E-state index in [0.29, 0.717) is 11.4 Å². The minimum absolute atomic E-state index is 0.0270. The summed E-state index contributed by atoms with van der Waals surface area (Å²) >= 11 is 5.23. The molecule has 1 fully saturated rings. The van der Waals surface area contributed by atoms with Gasteiger partial charge in [-0.15, -0.1) is 0 Å². The second-order valence-electron chi connectivity index (χ2n) is 6.30. The Labute approximate surface area is 156 Å². The Hall–Kier alpha value is -2.45. The lowest BCUT2D eigenvalue weighted by molar-refractivity contribution is 0.387. The minimum atomic E-state index is -0.494. The molecule has 0 spiro atoms. The lowest BCUT2D eigenvalue weighted by Crippen LogP contribution is -2.36. The lowest BCUT2D eigenvalue weighted by Gasteiger charge is -2.25. The number of methoxy groups -OCH3 is 1. The van der Waals surface area contributed by atoms with E-state index in [2.05, 4.69) is 9.98 Å². The van der Waals surface area contributed by atoms with Crippen molar-refractivity contribution in [2.75, 3.05) is 7.11 Å². The van der Waals surface area contributed by atoms with Gasteiger partial charge in [0.15, 0.2) is 4.77 Å². The van der Waals surface area contributed by atoms with Crippen molar-refractivity contribution in [1.82, 2.24) is 9.55 Å². The zero-order valence-corrected chi connectivity index (χ0v) is 15.3. The first-order valence-corrected chi connectivity index (χ1v) is 8.94. The SMILES string of the molecule is COc1ccccc1-n1c(O)c(C=N[C@H]2CCCC[C@H]2N)c(=O)[nH]c1=S. The number of para-hydroxylation sites is 2. The van der Waals surface area contributed by atoms with Crippen molar-refractivity contribution in [3.05, 3.63) is 45.0 Å². The number of nitrogens with zero attached hydrogens (tertiary/aromatic N) is 2. The summed E-state index contributed by atoms with van der Waals surface area (Å²) in [4.78, 5) is 19.3. The summed E-state index contributed by atoms with van der Waals surface area (Å²) in [6, 6.07) is 7.01. The fourth-order valence-electron chi connectivity index (χ4n) is 3.19. The maximum atomic E-state index is 12.3. The first-order valence-electron chi connectivity index (χ1n) is 8.53.